The number of aldehydes is 1. The maximum absolute atomic E-state index is 12.2. The standard InChI is InChI=1S/C7H5ClF2N2O/c8-5-3(2-13)6(7(9)10)12-1-4(5)11/h1-2,7H,11H2. The van der Waals surface area contributed by atoms with E-state index in [0.717, 1.165) is 6.20 Å². The number of carbonyl (C=O) groups is 1. The molecule has 0 bridgehead atoms. The van der Waals surface area contributed by atoms with E-state index in [1.165, 1.54) is 0 Å². The zero-order valence-electron chi connectivity index (χ0n) is 6.30. The summed E-state index contributed by atoms with van der Waals surface area (Å²) in [6.07, 6.45) is -1.62. The van der Waals surface area contributed by atoms with E-state index >= 15 is 0 Å². The van der Waals surface area contributed by atoms with E-state index in [-0.39, 0.29) is 22.6 Å². The molecule has 13 heavy (non-hydrogen) atoms. The van der Waals surface area contributed by atoms with Gasteiger partial charge in [0.25, 0.3) is 6.43 Å². The number of nitrogen functional groups attached to an aromatic ring is 1. The Bertz CT molecular complexity index is 344. The molecule has 0 spiro atoms. The van der Waals surface area contributed by atoms with Crippen molar-refractivity contribution >= 4 is 23.6 Å². The lowest BCUT2D eigenvalue weighted by atomic mass is 10.2. The Morgan fingerprint density at radius 3 is 2.69 bits per heavy atom. The van der Waals surface area contributed by atoms with Crippen LogP contribution in [0.1, 0.15) is 22.5 Å². The van der Waals surface area contributed by atoms with Gasteiger partial charge in [-0.3, -0.25) is 9.78 Å². The van der Waals surface area contributed by atoms with Crippen LogP contribution >= 0.6 is 11.6 Å². The van der Waals surface area contributed by atoms with Gasteiger partial charge < -0.3 is 5.73 Å². The number of pyridine rings is 1. The van der Waals surface area contributed by atoms with Crippen molar-refractivity contribution < 1.29 is 13.6 Å². The lowest BCUT2D eigenvalue weighted by Crippen LogP contribution is -2.01. The molecule has 0 atom stereocenters. The monoisotopic (exact) mass is 206 g/mol. The van der Waals surface area contributed by atoms with E-state index in [4.69, 9.17) is 17.3 Å². The fourth-order valence-electron chi connectivity index (χ4n) is 0.819. The molecule has 1 aromatic rings. The molecule has 1 rings (SSSR count). The summed E-state index contributed by atoms with van der Waals surface area (Å²) in [7, 11) is 0. The van der Waals surface area contributed by atoms with Gasteiger partial charge in [-0.1, -0.05) is 11.6 Å². The number of halogens is 3. The molecule has 3 nitrogen and oxygen atoms in total. The lowest BCUT2D eigenvalue weighted by Gasteiger charge is -2.05. The van der Waals surface area contributed by atoms with Crippen LogP contribution in [-0.4, -0.2) is 11.3 Å². The Labute approximate surface area is 77.5 Å². The van der Waals surface area contributed by atoms with Gasteiger partial charge in [0, 0.05) is 0 Å². The predicted molar refractivity (Wildman–Crippen MR) is 44.0 cm³/mol. The second-order valence-electron chi connectivity index (χ2n) is 2.24. The molecule has 6 heteroatoms. The van der Waals surface area contributed by atoms with Crippen LogP contribution in [0.4, 0.5) is 14.5 Å². The van der Waals surface area contributed by atoms with E-state index in [1.54, 1.807) is 0 Å². The third-order valence-electron chi connectivity index (χ3n) is 1.43. The predicted octanol–water partition coefficient (Wildman–Crippen LogP) is 2.07. The highest BCUT2D eigenvalue weighted by Crippen LogP contribution is 2.28. The van der Waals surface area contributed by atoms with Crippen LogP contribution in [0.2, 0.25) is 5.02 Å². The number of aromatic nitrogens is 1. The highest BCUT2D eigenvalue weighted by Gasteiger charge is 2.18. The molecule has 70 valence electrons. The summed E-state index contributed by atoms with van der Waals surface area (Å²) in [5.41, 5.74) is 4.28. The topological polar surface area (TPSA) is 56.0 Å². The first-order valence-corrected chi connectivity index (χ1v) is 3.63. The summed E-state index contributed by atoms with van der Waals surface area (Å²) in [5, 5.41) is -0.180. The fraction of sp³-hybridized carbons (Fsp3) is 0.143. The van der Waals surface area contributed by atoms with Gasteiger partial charge in [0.2, 0.25) is 0 Å². The number of nitrogens with two attached hydrogens (primary N) is 1. The molecule has 0 unspecified atom stereocenters. The van der Waals surface area contributed by atoms with Gasteiger partial charge in [0.1, 0.15) is 5.69 Å². The largest absolute Gasteiger partial charge is 0.396 e. The summed E-state index contributed by atoms with van der Waals surface area (Å²) in [4.78, 5) is 13.7. The molecule has 0 aromatic carbocycles. The second kappa shape index (κ2) is 3.66. The van der Waals surface area contributed by atoms with E-state index in [1.807, 2.05) is 0 Å². The molecular weight excluding hydrogens is 202 g/mol. The molecule has 0 aliphatic heterocycles. The van der Waals surface area contributed by atoms with Crippen molar-refractivity contribution in [1.29, 1.82) is 0 Å². The molecule has 0 saturated carbocycles. The zero-order chi connectivity index (χ0) is 10.0. The van der Waals surface area contributed by atoms with Crippen LogP contribution in [0.25, 0.3) is 0 Å². The average molecular weight is 207 g/mol. The Morgan fingerprint density at radius 2 is 2.23 bits per heavy atom. The van der Waals surface area contributed by atoms with E-state index in [9.17, 15) is 13.6 Å². The van der Waals surface area contributed by atoms with Crippen molar-refractivity contribution in [3.8, 4) is 0 Å². The van der Waals surface area contributed by atoms with Crippen LogP contribution in [0.15, 0.2) is 6.20 Å². The van der Waals surface area contributed by atoms with Crippen LogP contribution in [0.3, 0.4) is 0 Å². The molecule has 0 fully saturated rings. The third-order valence-corrected chi connectivity index (χ3v) is 1.85. The first kappa shape index (κ1) is 9.85. The molecule has 0 aliphatic carbocycles. The molecule has 2 N–H and O–H groups in total. The van der Waals surface area contributed by atoms with Gasteiger partial charge in [-0.05, 0) is 0 Å². The molecule has 0 amide bonds. The van der Waals surface area contributed by atoms with Crippen molar-refractivity contribution in [2.75, 3.05) is 5.73 Å². The summed E-state index contributed by atoms with van der Waals surface area (Å²) in [6.45, 7) is 0. The molecule has 0 radical (unpaired) electrons. The van der Waals surface area contributed by atoms with Gasteiger partial charge in [-0.25, -0.2) is 8.78 Å². The van der Waals surface area contributed by atoms with Gasteiger partial charge in [-0.15, -0.1) is 0 Å². The van der Waals surface area contributed by atoms with Gasteiger partial charge in [-0.2, -0.15) is 0 Å². The average Bonchev–Trinajstić information content (AvgIpc) is 2.09. The highest BCUT2D eigenvalue weighted by molar-refractivity contribution is 6.35. The summed E-state index contributed by atoms with van der Waals surface area (Å²) < 4.78 is 24.4. The number of hydrogen-bond acceptors (Lipinski definition) is 3. The van der Waals surface area contributed by atoms with Crippen LogP contribution in [0.5, 0.6) is 0 Å². The Kier molecular flexibility index (Phi) is 2.77. The zero-order valence-corrected chi connectivity index (χ0v) is 7.05. The van der Waals surface area contributed by atoms with Crippen molar-refractivity contribution in [2.45, 2.75) is 6.43 Å². The highest BCUT2D eigenvalue weighted by atomic mass is 35.5. The number of anilines is 1. The molecule has 0 aliphatic rings. The maximum Gasteiger partial charge on any atom is 0.281 e. The summed E-state index contributed by atoms with van der Waals surface area (Å²) >= 11 is 5.51. The molecular formula is C7H5ClF2N2O. The fourth-order valence-corrected chi connectivity index (χ4v) is 1.01. The van der Waals surface area contributed by atoms with Crippen molar-refractivity contribution in [3.63, 3.8) is 0 Å². The molecule has 0 saturated heterocycles. The Balaban J connectivity index is 3.38. The normalized spacial score (nSPS) is 10.5. The first-order chi connectivity index (χ1) is 6.07. The minimum atomic E-state index is -2.83. The number of nitrogens with zero attached hydrogens (tertiary/aromatic N) is 1. The van der Waals surface area contributed by atoms with Crippen LogP contribution < -0.4 is 5.73 Å². The van der Waals surface area contributed by atoms with Crippen molar-refractivity contribution in [1.82, 2.24) is 4.98 Å². The SMILES string of the molecule is Nc1cnc(C(F)F)c(C=O)c1Cl. The molecule has 1 aromatic heterocycles. The Hall–Kier alpha value is -1.23. The second-order valence-corrected chi connectivity index (χ2v) is 2.62. The van der Waals surface area contributed by atoms with Gasteiger partial charge in [0.05, 0.1) is 22.5 Å². The molecule has 1 heterocycles. The van der Waals surface area contributed by atoms with Gasteiger partial charge in [0.15, 0.2) is 6.29 Å². The van der Waals surface area contributed by atoms with Crippen LogP contribution in [-0.2, 0) is 0 Å². The van der Waals surface area contributed by atoms with Crippen molar-refractivity contribution in [3.05, 3.63) is 22.5 Å². The lowest BCUT2D eigenvalue weighted by molar-refractivity contribution is 0.110. The number of alkyl halides is 2. The van der Waals surface area contributed by atoms with Crippen LogP contribution in [0, 0.1) is 0 Å². The van der Waals surface area contributed by atoms with Crippen molar-refractivity contribution in [2.24, 2.45) is 0 Å². The number of rotatable bonds is 2. The summed E-state index contributed by atoms with van der Waals surface area (Å²) in [5.74, 6) is 0. The van der Waals surface area contributed by atoms with E-state index < -0.39 is 12.1 Å². The van der Waals surface area contributed by atoms with Gasteiger partial charge >= 0.3 is 0 Å². The maximum atomic E-state index is 12.2. The minimum absolute atomic E-state index is 0.00756. The summed E-state index contributed by atoms with van der Waals surface area (Å²) in [6, 6.07) is 0. The van der Waals surface area contributed by atoms with E-state index in [0.29, 0.717) is 0 Å². The number of carbonyl (C=O) groups excluding carboxylic acids is 1. The number of hydrogen-bond donors (Lipinski definition) is 1. The van der Waals surface area contributed by atoms with E-state index in [2.05, 4.69) is 4.98 Å². The Morgan fingerprint density at radius 1 is 1.62 bits per heavy atom. The third kappa shape index (κ3) is 1.75. The smallest absolute Gasteiger partial charge is 0.281 e. The first-order valence-electron chi connectivity index (χ1n) is 3.25. The minimum Gasteiger partial charge on any atom is -0.396 e. The quantitative estimate of drug-likeness (QED) is 0.754.